The van der Waals surface area contributed by atoms with Gasteiger partial charge in [0.15, 0.2) is 0 Å². The molecule has 0 aliphatic rings. The number of hydrogen-bond donors (Lipinski definition) is 0. The van der Waals surface area contributed by atoms with E-state index in [-0.39, 0.29) is 5.92 Å². The predicted octanol–water partition coefficient (Wildman–Crippen LogP) is 4.98. The first kappa shape index (κ1) is 13.1. The molecule has 1 aromatic heterocycles. The van der Waals surface area contributed by atoms with Gasteiger partial charge in [0.2, 0.25) is 5.76 Å². The Morgan fingerprint density at radius 3 is 2.06 bits per heavy atom. The summed E-state index contributed by atoms with van der Waals surface area (Å²) in [5.41, 5.74) is 0. The van der Waals surface area contributed by atoms with E-state index in [1.165, 1.54) is 6.07 Å². The molecule has 0 amide bonds. The summed E-state index contributed by atoms with van der Waals surface area (Å²) in [6, 6.07) is 2.48. The van der Waals surface area contributed by atoms with Crippen LogP contribution in [0.2, 0.25) is 0 Å². The molecule has 0 atom stereocenters. The molecule has 0 aliphatic heterocycles. The van der Waals surface area contributed by atoms with Crippen molar-refractivity contribution < 1.29 is 17.6 Å². The first-order chi connectivity index (χ1) is 7.49. The lowest BCUT2D eigenvalue weighted by molar-refractivity contribution is -0.153. The molecule has 0 fully saturated rings. The van der Waals surface area contributed by atoms with Crippen molar-refractivity contribution in [1.82, 2.24) is 0 Å². The molecule has 1 rings (SSSR count). The number of hydrogen-bond acceptors (Lipinski definition) is 1. The fourth-order valence-corrected chi connectivity index (χ4v) is 1.85. The van der Waals surface area contributed by atoms with Crippen LogP contribution in [0.1, 0.15) is 57.0 Å². The molecule has 0 saturated heterocycles. The molecule has 92 valence electrons. The lowest BCUT2D eigenvalue weighted by Gasteiger charge is -2.12. The molecule has 1 aromatic rings. The van der Waals surface area contributed by atoms with Gasteiger partial charge in [-0.3, -0.25) is 0 Å². The van der Waals surface area contributed by atoms with Crippen molar-refractivity contribution in [3.63, 3.8) is 0 Å². The highest BCUT2D eigenvalue weighted by molar-refractivity contribution is 5.13. The van der Waals surface area contributed by atoms with Crippen molar-refractivity contribution in [2.45, 2.75) is 51.6 Å². The van der Waals surface area contributed by atoms with Crippen LogP contribution >= 0.6 is 0 Å². The smallest absolute Gasteiger partial charge is 0.449 e. The number of rotatable bonds is 5. The second-order valence-corrected chi connectivity index (χ2v) is 3.97. The van der Waals surface area contributed by atoms with Crippen LogP contribution in [0.15, 0.2) is 16.5 Å². The third kappa shape index (κ3) is 3.29. The SMILES string of the molecule is CCCC(CCC)c1ccc(C(F)(F)F)o1. The molecule has 1 heterocycles. The molecular weight excluding hydrogens is 217 g/mol. The van der Waals surface area contributed by atoms with Crippen molar-refractivity contribution in [2.24, 2.45) is 0 Å². The number of alkyl halides is 3. The first-order valence-corrected chi connectivity index (χ1v) is 5.66. The Morgan fingerprint density at radius 1 is 1.12 bits per heavy atom. The standard InChI is InChI=1S/C12H17F3O/c1-3-5-9(6-4-2)10-7-8-11(16-10)12(13,14)15/h7-9H,3-6H2,1-2H3. The van der Waals surface area contributed by atoms with Gasteiger partial charge in [0.25, 0.3) is 0 Å². The van der Waals surface area contributed by atoms with E-state index in [1.54, 1.807) is 0 Å². The molecule has 0 spiro atoms. The maximum absolute atomic E-state index is 12.3. The van der Waals surface area contributed by atoms with Crippen LogP contribution in [0.3, 0.4) is 0 Å². The van der Waals surface area contributed by atoms with Gasteiger partial charge in [0.05, 0.1) is 0 Å². The third-order valence-electron chi connectivity index (χ3n) is 2.58. The Labute approximate surface area is 93.6 Å². The van der Waals surface area contributed by atoms with Crippen LogP contribution in [-0.4, -0.2) is 0 Å². The average molecular weight is 234 g/mol. The van der Waals surface area contributed by atoms with Crippen LogP contribution in [0, 0.1) is 0 Å². The van der Waals surface area contributed by atoms with E-state index in [9.17, 15) is 13.2 Å². The number of halogens is 3. The van der Waals surface area contributed by atoms with Crippen LogP contribution in [-0.2, 0) is 6.18 Å². The van der Waals surface area contributed by atoms with Gasteiger partial charge in [-0.25, -0.2) is 0 Å². The molecule has 0 unspecified atom stereocenters. The Hall–Kier alpha value is -0.930. The van der Waals surface area contributed by atoms with Crippen molar-refractivity contribution in [3.05, 3.63) is 23.7 Å². The Morgan fingerprint density at radius 2 is 1.69 bits per heavy atom. The molecule has 0 bridgehead atoms. The molecular formula is C12H17F3O. The van der Waals surface area contributed by atoms with Gasteiger partial charge in [-0.2, -0.15) is 13.2 Å². The van der Waals surface area contributed by atoms with E-state index in [1.807, 2.05) is 13.8 Å². The topological polar surface area (TPSA) is 13.1 Å². The molecule has 0 saturated carbocycles. The zero-order valence-electron chi connectivity index (χ0n) is 9.60. The van der Waals surface area contributed by atoms with Crippen molar-refractivity contribution >= 4 is 0 Å². The highest BCUT2D eigenvalue weighted by Crippen LogP contribution is 2.34. The minimum absolute atomic E-state index is 0.117. The van der Waals surface area contributed by atoms with E-state index in [0.717, 1.165) is 31.7 Å². The summed E-state index contributed by atoms with van der Waals surface area (Å²) in [4.78, 5) is 0. The lowest BCUT2D eigenvalue weighted by Crippen LogP contribution is -2.03. The van der Waals surface area contributed by atoms with E-state index in [2.05, 4.69) is 0 Å². The zero-order valence-corrected chi connectivity index (χ0v) is 9.60. The Bertz CT molecular complexity index is 308. The molecule has 0 aliphatic carbocycles. The van der Waals surface area contributed by atoms with E-state index in [4.69, 9.17) is 4.42 Å². The summed E-state index contributed by atoms with van der Waals surface area (Å²) in [7, 11) is 0. The van der Waals surface area contributed by atoms with Gasteiger partial charge >= 0.3 is 6.18 Å². The molecule has 1 nitrogen and oxygen atoms in total. The fraction of sp³-hybridized carbons (Fsp3) is 0.667. The summed E-state index contributed by atoms with van der Waals surface area (Å²) in [6.07, 6.45) is -0.724. The largest absolute Gasteiger partial charge is 0.456 e. The van der Waals surface area contributed by atoms with Crippen LogP contribution in [0.25, 0.3) is 0 Å². The highest BCUT2D eigenvalue weighted by atomic mass is 19.4. The molecule has 4 heteroatoms. The highest BCUT2D eigenvalue weighted by Gasteiger charge is 2.35. The third-order valence-corrected chi connectivity index (χ3v) is 2.58. The monoisotopic (exact) mass is 234 g/mol. The van der Waals surface area contributed by atoms with Crippen LogP contribution < -0.4 is 0 Å². The number of furan rings is 1. The summed E-state index contributed by atoms with van der Waals surface area (Å²) in [5.74, 6) is -0.304. The second-order valence-electron chi connectivity index (χ2n) is 3.97. The maximum atomic E-state index is 12.3. The summed E-state index contributed by atoms with van der Waals surface area (Å²) >= 11 is 0. The predicted molar refractivity (Wildman–Crippen MR) is 56.3 cm³/mol. The fourth-order valence-electron chi connectivity index (χ4n) is 1.85. The average Bonchev–Trinajstić information content (AvgIpc) is 2.65. The normalized spacial score (nSPS) is 12.4. The van der Waals surface area contributed by atoms with Gasteiger partial charge < -0.3 is 4.42 Å². The summed E-state index contributed by atoms with van der Waals surface area (Å²) in [6.45, 7) is 4.05. The van der Waals surface area contributed by atoms with E-state index < -0.39 is 11.9 Å². The van der Waals surface area contributed by atoms with Crippen molar-refractivity contribution in [1.29, 1.82) is 0 Å². The molecule has 0 aromatic carbocycles. The summed E-state index contributed by atoms with van der Waals surface area (Å²) < 4.78 is 41.9. The zero-order chi connectivity index (χ0) is 12.2. The first-order valence-electron chi connectivity index (χ1n) is 5.66. The Balaban J connectivity index is 2.81. The summed E-state index contributed by atoms with van der Waals surface area (Å²) in [5, 5.41) is 0. The van der Waals surface area contributed by atoms with Crippen LogP contribution in [0.4, 0.5) is 13.2 Å². The minimum Gasteiger partial charge on any atom is -0.456 e. The van der Waals surface area contributed by atoms with E-state index in [0.29, 0.717) is 5.76 Å². The second kappa shape index (κ2) is 5.41. The van der Waals surface area contributed by atoms with Crippen molar-refractivity contribution in [2.75, 3.05) is 0 Å². The van der Waals surface area contributed by atoms with Gasteiger partial charge in [-0.05, 0) is 25.0 Å². The van der Waals surface area contributed by atoms with Crippen LogP contribution in [0.5, 0.6) is 0 Å². The van der Waals surface area contributed by atoms with Gasteiger partial charge in [0, 0.05) is 5.92 Å². The molecule has 16 heavy (non-hydrogen) atoms. The molecule has 0 radical (unpaired) electrons. The molecule has 0 N–H and O–H groups in total. The maximum Gasteiger partial charge on any atom is 0.449 e. The Kier molecular flexibility index (Phi) is 4.44. The van der Waals surface area contributed by atoms with E-state index >= 15 is 0 Å². The lowest BCUT2D eigenvalue weighted by atomic mass is 9.96. The quantitative estimate of drug-likeness (QED) is 0.700. The van der Waals surface area contributed by atoms with Gasteiger partial charge in [-0.1, -0.05) is 26.7 Å². The van der Waals surface area contributed by atoms with Crippen molar-refractivity contribution in [3.8, 4) is 0 Å². The van der Waals surface area contributed by atoms with Gasteiger partial charge in [0.1, 0.15) is 5.76 Å². The minimum atomic E-state index is -4.37. The van der Waals surface area contributed by atoms with Gasteiger partial charge in [-0.15, -0.1) is 0 Å².